The van der Waals surface area contributed by atoms with E-state index >= 15 is 0 Å². The number of aromatic nitrogens is 4. The van der Waals surface area contributed by atoms with Gasteiger partial charge in [-0.15, -0.1) is 23.8 Å². The van der Waals surface area contributed by atoms with Crippen LogP contribution < -0.4 is 0 Å². The van der Waals surface area contributed by atoms with Crippen LogP contribution in [0, 0.1) is 24.3 Å². The number of hydrogen-bond donors (Lipinski definition) is 0. The molecule has 9 rings (SSSR count). The fourth-order valence-electron chi connectivity index (χ4n) is 5.15. The zero-order valence-corrected chi connectivity index (χ0v) is 33.3. The Morgan fingerprint density at radius 2 is 0.843 bits per heavy atom. The summed E-state index contributed by atoms with van der Waals surface area (Å²) in [6.45, 7) is 0. The van der Waals surface area contributed by atoms with Gasteiger partial charge in [0.25, 0.3) is 0 Å². The minimum Gasteiger partial charge on any atom is -0.295 e. The van der Waals surface area contributed by atoms with Gasteiger partial charge in [0.1, 0.15) is 0 Å². The van der Waals surface area contributed by atoms with Crippen molar-refractivity contribution in [1.82, 2.24) is 19.9 Å². The van der Waals surface area contributed by atoms with E-state index in [1.165, 1.54) is 19.3 Å². The maximum Gasteiger partial charge on any atom is 0.0894 e. The fraction of sp³-hybridized carbons (Fsp3) is 0. The third-order valence-corrected chi connectivity index (χ3v) is 9.74. The Bertz CT molecular complexity index is 2110. The van der Waals surface area contributed by atoms with E-state index in [2.05, 4.69) is 68.5 Å². The van der Waals surface area contributed by atoms with Crippen molar-refractivity contribution in [2.45, 2.75) is 0 Å². The van der Waals surface area contributed by atoms with Crippen LogP contribution in [0.2, 0.25) is 0 Å². The van der Waals surface area contributed by atoms with Crippen LogP contribution in [0.25, 0.3) is 64.5 Å². The van der Waals surface area contributed by atoms with E-state index in [0.717, 1.165) is 45.2 Å². The second-order valence-electron chi connectivity index (χ2n) is 10.7. The molecule has 0 unspecified atom stereocenters. The van der Waals surface area contributed by atoms with Crippen LogP contribution in [-0.2, 0) is 42.1 Å². The summed E-state index contributed by atoms with van der Waals surface area (Å²) in [5.74, 6) is 0. The molecule has 0 saturated carbocycles. The summed E-state index contributed by atoms with van der Waals surface area (Å²) < 4.78 is 2.74. The molecule has 5 heterocycles. The first-order valence-electron chi connectivity index (χ1n) is 15.7. The molecule has 0 aliphatic carbocycles. The van der Waals surface area contributed by atoms with Crippen molar-refractivity contribution in [3.8, 4) is 45.2 Å². The van der Waals surface area contributed by atoms with Crippen LogP contribution in [0.5, 0.6) is 0 Å². The average molecular weight is 1080 g/mol. The van der Waals surface area contributed by atoms with Gasteiger partial charge in [-0.3, -0.25) is 15.0 Å². The van der Waals surface area contributed by atoms with E-state index in [1.54, 1.807) is 18.6 Å². The van der Waals surface area contributed by atoms with Crippen molar-refractivity contribution in [1.29, 1.82) is 0 Å². The van der Waals surface area contributed by atoms with E-state index in [1.807, 2.05) is 127 Å². The predicted octanol–water partition coefficient (Wildman–Crippen LogP) is 9.87. The maximum absolute atomic E-state index is 4.59. The van der Waals surface area contributed by atoms with Gasteiger partial charge in [-0.25, -0.2) is 10.5 Å². The van der Waals surface area contributed by atoms with Crippen molar-refractivity contribution < 1.29 is 42.1 Å². The normalized spacial score (nSPS) is 10.0. The molecule has 7 heteroatoms. The van der Waals surface area contributed by atoms with E-state index < -0.39 is 0 Å². The molecule has 0 aliphatic heterocycles. The first-order valence-corrected chi connectivity index (χ1v) is 17.4. The summed E-state index contributed by atoms with van der Waals surface area (Å²) >= 11 is 0.424. The molecule has 0 saturated heterocycles. The molecule has 5 aromatic heterocycles. The van der Waals surface area contributed by atoms with Crippen molar-refractivity contribution in [3.05, 3.63) is 195 Å². The molecule has 0 radical (unpaired) electrons. The molecule has 254 valence electrons. The molecule has 0 bridgehead atoms. The van der Waals surface area contributed by atoms with E-state index in [-0.39, 0.29) is 42.1 Å². The van der Waals surface area contributed by atoms with E-state index in [9.17, 15) is 0 Å². The van der Waals surface area contributed by atoms with Crippen LogP contribution >= 0.6 is 0 Å². The molecule has 51 heavy (non-hydrogen) atoms. The summed E-state index contributed by atoms with van der Waals surface area (Å²) in [6.07, 6.45) is 5.33. The third kappa shape index (κ3) is 9.79. The number of rotatable bonds is 4. The molecule has 0 aliphatic rings. The van der Waals surface area contributed by atoms with Gasteiger partial charge in [0, 0.05) is 66.4 Å². The van der Waals surface area contributed by atoms with Gasteiger partial charge in [0.05, 0.1) is 22.8 Å². The molecule has 9 aromatic rings. The number of nitrogens with zero attached hydrogens (tertiary/aromatic N) is 4. The quantitative estimate of drug-likeness (QED) is 0.130. The van der Waals surface area contributed by atoms with Gasteiger partial charge in [-0.1, -0.05) is 30.3 Å². The Morgan fingerprint density at radius 1 is 0.373 bits per heavy atom. The first-order chi connectivity index (χ1) is 24.3. The first kappa shape index (κ1) is 37.6. The van der Waals surface area contributed by atoms with Gasteiger partial charge in [-0.05, 0) is 42.5 Å². The van der Waals surface area contributed by atoms with Gasteiger partial charge in [0.15, 0.2) is 0 Å². The second-order valence-corrected chi connectivity index (χ2v) is 12.9. The summed E-state index contributed by atoms with van der Waals surface area (Å²) in [5, 5.41) is 2.71. The zero-order chi connectivity index (χ0) is 33.1. The number of pyridine rings is 4. The van der Waals surface area contributed by atoms with Crippen molar-refractivity contribution in [2.75, 3.05) is 0 Å². The zero-order valence-electron chi connectivity index (χ0n) is 27.0. The molecule has 0 atom stereocenters. The molecule has 4 aromatic carbocycles. The summed E-state index contributed by atoms with van der Waals surface area (Å²) in [6, 6.07) is 63.0. The van der Waals surface area contributed by atoms with Crippen molar-refractivity contribution >= 4 is 33.8 Å². The molecular weight excluding hydrogens is 1050 g/mol. The van der Waals surface area contributed by atoms with Crippen LogP contribution in [0.4, 0.5) is 0 Å². The maximum atomic E-state index is 4.59. The Morgan fingerprint density at radius 3 is 1.37 bits per heavy atom. The Hall–Kier alpha value is -4.62. The minimum atomic E-state index is 0. The van der Waals surface area contributed by atoms with Crippen molar-refractivity contribution in [2.24, 2.45) is 0 Å². The predicted molar refractivity (Wildman–Crippen MR) is 200 cm³/mol. The standard InChI is InChI=1S/C17H11N.C15H11N3.C12H6Se.2Pt/c1-2-7-14(8-3-1)15-9-6-10-16(13-15)17-11-4-5-12-18-17;1-3-10-16-12(6-1)14-8-5-9-15(18-14)13-7-2-4-11-17-13;1-3-7-11-9(5-1)10-6-2-4-8-12(10)13-11;;/h1-7,9-12H;1-11H;1-6H;;/q-2;;-2;;. The topological polar surface area (TPSA) is 51.6 Å². The monoisotopic (exact) mass is 1080 g/mol. The molecule has 0 N–H and O–H groups in total. The molecule has 0 amide bonds. The van der Waals surface area contributed by atoms with E-state index in [0.29, 0.717) is 14.5 Å². The summed E-state index contributed by atoms with van der Waals surface area (Å²) in [7, 11) is 0. The Balaban J connectivity index is 0.000000147. The SMILES string of the molecule is [Pt].[Pt].[c-]1cccc2c1[se]c1[c-]cccc12.[c-]1ccccc1-c1[c-]c(-c2ccccn2)ccc1.c1ccc(-c2cccc(-c3ccccn3)n2)nc1. The number of benzene rings is 4. The van der Waals surface area contributed by atoms with Gasteiger partial charge in [-0.2, -0.15) is 42.0 Å². The second kappa shape index (κ2) is 19.1. The van der Waals surface area contributed by atoms with Crippen LogP contribution in [0.15, 0.2) is 170 Å². The van der Waals surface area contributed by atoms with Gasteiger partial charge >= 0.3 is 82.3 Å². The third-order valence-electron chi connectivity index (χ3n) is 7.47. The average Bonchev–Trinajstić information content (AvgIpc) is 3.59. The largest absolute Gasteiger partial charge is 0.295 e. The van der Waals surface area contributed by atoms with Crippen LogP contribution in [-0.4, -0.2) is 34.4 Å². The number of fused-ring (bicyclic) bond motifs is 3. The van der Waals surface area contributed by atoms with Gasteiger partial charge in [0.2, 0.25) is 0 Å². The van der Waals surface area contributed by atoms with Gasteiger partial charge < -0.3 is 0 Å². The minimum absolute atomic E-state index is 0. The molecular formula is C44H28N4Pt2Se-4. The Labute approximate surface area is 333 Å². The van der Waals surface area contributed by atoms with E-state index in [4.69, 9.17) is 0 Å². The van der Waals surface area contributed by atoms with Crippen LogP contribution in [0.3, 0.4) is 0 Å². The fourth-order valence-corrected chi connectivity index (χ4v) is 7.31. The molecule has 4 nitrogen and oxygen atoms in total. The molecule has 0 spiro atoms. The Kier molecular flexibility index (Phi) is 14.1. The van der Waals surface area contributed by atoms with Crippen molar-refractivity contribution in [3.63, 3.8) is 0 Å². The number of hydrogen-bond acceptors (Lipinski definition) is 4. The van der Waals surface area contributed by atoms with Crippen LogP contribution in [0.1, 0.15) is 0 Å². The summed E-state index contributed by atoms with van der Waals surface area (Å²) in [5.41, 5.74) is 7.50. The smallest absolute Gasteiger partial charge is 0.0894 e. The molecule has 0 fully saturated rings. The summed E-state index contributed by atoms with van der Waals surface area (Å²) in [4.78, 5) is 17.5.